The van der Waals surface area contributed by atoms with Crippen LogP contribution < -0.4 is 0 Å². The standard InChI is InChI=1S/C13H17FN2O2/c1-4-17-13(18-5-2)12-15-11-9(14)7-6-8-10(11)16(12)3/h6-8,13H,4-5H2,1-3H3. The van der Waals surface area contributed by atoms with Crippen LogP contribution in [0, 0.1) is 5.82 Å². The maximum atomic E-state index is 13.7. The van der Waals surface area contributed by atoms with Crippen molar-refractivity contribution < 1.29 is 13.9 Å². The number of fused-ring (bicyclic) bond motifs is 1. The second-order valence-corrected chi connectivity index (χ2v) is 3.88. The van der Waals surface area contributed by atoms with Crippen LogP contribution in [0.5, 0.6) is 0 Å². The number of para-hydroxylation sites is 1. The first-order chi connectivity index (χ1) is 8.69. The van der Waals surface area contributed by atoms with E-state index in [-0.39, 0.29) is 5.82 Å². The topological polar surface area (TPSA) is 36.3 Å². The lowest BCUT2D eigenvalue weighted by molar-refractivity contribution is -0.146. The average molecular weight is 252 g/mol. The number of benzene rings is 1. The monoisotopic (exact) mass is 252 g/mol. The zero-order valence-electron chi connectivity index (χ0n) is 10.8. The van der Waals surface area contributed by atoms with Crippen LogP contribution in [-0.4, -0.2) is 22.8 Å². The van der Waals surface area contributed by atoms with E-state index in [1.165, 1.54) is 6.07 Å². The number of hydrogen-bond acceptors (Lipinski definition) is 3. The summed E-state index contributed by atoms with van der Waals surface area (Å²) >= 11 is 0. The lowest BCUT2D eigenvalue weighted by Crippen LogP contribution is -2.13. The van der Waals surface area contributed by atoms with Gasteiger partial charge in [-0.05, 0) is 26.0 Å². The first-order valence-corrected chi connectivity index (χ1v) is 6.03. The highest BCUT2D eigenvalue weighted by molar-refractivity contribution is 5.76. The molecule has 0 bridgehead atoms. The van der Waals surface area contributed by atoms with E-state index in [0.717, 1.165) is 5.52 Å². The largest absolute Gasteiger partial charge is 0.346 e. The third kappa shape index (κ3) is 2.23. The summed E-state index contributed by atoms with van der Waals surface area (Å²) in [6.45, 7) is 4.79. The highest BCUT2D eigenvalue weighted by Gasteiger charge is 2.20. The van der Waals surface area contributed by atoms with Crippen LogP contribution in [0.3, 0.4) is 0 Å². The Morgan fingerprint density at radius 1 is 1.28 bits per heavy atom. The van der Waals surface area contributed by atoms with Crippen molar-refractivity contribution >= 4 is 11.0 Å². The van der Waals surface area contributed by atoms with Gasteiger partial charge in [0.05, 0.1) is 5.52 Å². The average Bonchev–Trinajstić information content (AvgIpc) is 2.69. The van der Waals surface area contributed by atoms with E-state index >= 15 is 0 Å². The third-order valence-corrected chi connectivity index (χ3v) is 2.74. The highest BCUT2D eigenvalue weighted by atomic mass is 19.1. The van der Waals surface area contributed by atoms with Gasteiger partial charge < -0.3 is 14.0 Å². The lowest BCUT2D eigenvalue weighted by Gasteiger charge is -2.16. The molecule has 0 aliphatic carbocycles. The zero-order valence-corrected chi connectivity index (χ0v) is 10.8. The van der Waals surface area contributed by atoms with E-state index in [1.54, 1.807) is 10.6 Å². The molecule has 0 unspecified atom stereocenters. The van der Waals surface area contributed by atoms with Crippen LogP contribution in [0.15, 0.2) is 18.2 Å². The van der Waals surface area contributed by atoms with Crippen LogP contribution in [0.2, 0.25) is 0 Å². The summed E-state index contributed by atoms with van der Waals surface area (Å²) in [6, 6.07) is 4.89. The molecule has 0 saturated carbocycles. The Labute approximate surface area is 105 Å². The molecule has 2 rings (SSSR count). The number of hydrogen-bond donors (Lipinski definition) is 0. The van der Waals surface area contributed by atoms with Crippen molar-refractivity contribution in [2.75, 3.05) is 13.2 Å². The van der Waals surface area contributed by atoms with E-state index in [9.17, 15) is 4.39 Å². The highest BCUT2D eigenvalue weighted by Crippen LogP contribution is 2.24. The molecule has 0 saturated heterocycles. The molecule has 0 spiro atoms. The van der Waals surface area contributed by atoms with Gasteiger partial charge in [0.1, 0.15) is 5.52 Å². The smallest absolute Gasteiger partial charge is 0.217 e. The summed E-state index contributed by atoms with van der Waals surface area (Å²) in [5, 5.41) is 0. The summed E-state index contributed by atoms with van der Waals surface area (Å²) in [4.78, 5) is 4.29. The number of aromatic nitrogens is 2. The zero-order chi connectivity index (χ0) is 13.1. The predicted molar refractivity (Wildman–Crippen MR) is 66.7 cm³/mol. The Bertz CT molecular complexity index is 533. The van der Waals surface area contributed by atoms with Gasteiger partial charge >= 0.3 is 0 Å². The molecule has 2 aromatic rings. The maximum Gasteiger partial charge on any atom is 0.217 e. The third-order valence-electron chi connectivity index (χ3n) is 2.74. The minimum absolute atomic E-state index is 0.332. The van der Waals surface area contributed by atoms with Crippen LogP contribution in [-0.2, 0) is 16.5 Å². The van der Waals surface area contributed by atoms with Crippen molar-refractivity contribution in [2.24, 2.45) is 7.05 Å². The quantitative estimate of drug-likeness (QED) is 0.768. The summed E-state index contributed by atoms with van der Waals surface area (Å²) in [5.41, 5.74) is 1.08. The second kappa shape index (κ2) is 5.46. The molecule has 1 aromatic carbocycles. The Kier molecular flexibility index (Phi) is 3.93. The molecule has 0 amide bonds. The summed E-state index contributed by atoms with van der Waals surface area (Å²) in [7, 11) is 1.83. The Balaban J connectivity index is 2.49. The van der Waals surface area contributed by atoms with E-state index in [1.807, 2.05) is 27.0 Å². The normalized spacial score (nSPS) is 11.6. The number of ether oxygens (including phenoxy) is 2. The second-order valence-electron chi connectivity index (χ2n) is 3.88. The molecule has 18 heavy (non-hydrogen) atoms. The van der Waals surface area contributed by atoms with Crippen molar-refractivity contribution in [3.05, 3.63) is 29.8 Å². The van der Waals surface area contributed by atoms with Crippen LogP contribution in [0.4, 0.5) is 4.39 Å². The molecule has 0 aliphatic rings. The molecule has 0 radical (unpaired) electrons. The minimum atomic E-state index is -0.559. The summed E-state index contributed by atoms with van der Waals surface area (Å²) in [6.07, 6.45) is -0.559. The molecule has 5 heteroatoms. The van der Waals surface area contributed by atoms with E-state index in [4.69, 9.17) is 9.47 Å². The van der Waals surface area contributed by atoms with Gasteiger partial charge in [0.25, 0.3) is 0 Å². The predicted octanol–water partition coefficient (Wildman–Crippen LogP) is 2.78. The maximum absolute atomic E-state index is 13.7. The number of halogens is 1. The first kappa shape index (κ1) is 13.0. The van der Waals surface area contributed by atoms with Gasteiger partial charge in [0.15, 0.2) is 11.6 Å². The van der Waals surface area contributed by atoms with E-state index < -0.39 is 6.29 Å². The molecule has 4 nitrogen and oxygen atoms in total. The van der Waals surface area contributed by atoms with E-state index in [0.29, 0.717) is 24.6 Å². The van der Waals surface area contributed by atoms with Crippen molar-refractivity contribution in [3.63, 3.8) is 0 Å². The van der Waals surface area contributed by atoms with Crippen LogP contribution in [0.1, 0.15) is 26.0 Å². The molecule has 0 atom stereocenters. The Morgan fingerprint density at radius 2 is 1.94 bits per heavy atom. The van der Waals surface area contributed by atoms with Gasteiger partial charge in [-0.1, -0.05) is 6.07 Å². The number of rotatable bonds is 5. The first-order valence-electron chi connectivity index (χ1n) is 6.03. The molecule has 1 heterocycles. The number of aryl methyl sites for hydroxylation is 1. The SMILES string of the molecule is CCOC(OCC)c1nc2c(F)cccc2n1C. The molecule has 0 aliphatic heterocycles. The molecular formula is C13H17FN2O2. The number of imidazole rings is 1. The minimum Gasteiger partial charge on any atom is -0.346 e. The van der Waals surface area contributed by atoms with Gasteiger partial charge in [-0.2, -0.15) is 0 Å². The Hall–Kier alpha value is -1.46. The molecule has 0 fully saturated rings. The summed E-state index contributed by atoms with van der Waals surface area (Å²) in [5.74, 6) is 0.250. The van der Waals surface area contributed by atoms with Crippen LogP contribution in [0.25, 0.3) is 11.0 Å². The fourth-order valence-electron chi connectivity index (χ4n) is 1.91. The number of nitrogens with zero attached hydrogens (tertiary/aromatic N) is 2. The lowest BCUT2D eigenvalue weighted by atomic mass is 10.3. The van der Waals surface area contributed by atoms with Crippen molar-refractivity contribution in [2.45, 2.75) is 20.1 Å². The molecule has 98 valence electrons. The van der Waals surface area contributed by atoms with Gasteiger partial charge in [0, 0.05) is 20.3 Å². The summed E-state index contributed by atoms with van der Waals surface area (Å²) < 4.78 is 26.4. The fourth-order valence-corrected chi connectivity index (χ4v) is 1.91. The van der Waals surface area contributed by atoms with Gasteiger partial charge in [-0.3, -0.25) is 0 Å². The Morgan fingerprint density at radius 3 is 2.50 bits per heavy atom. The van der Waals surface area contributed by atoms with E-state index in [2.05, 4.69) is 4.98 Å². The molecule has 1 aromatic heterocycles. The van der Waals surface area contributed by atoms with Gasteiger partial charge in [0.2, 0.25) is 6.29 Å². The molecule has 0 N–H and O–H groups in total. The van der Waals surface area contributed by atoms with Crippen molar-refractivity contribution in [3.8, 4) is 0 Å². The van der Waals surface area contributed by atoms with Gasteiger partial charge in [-0.25, -0.2) is 9.37 Å². The van der Waals surface area contributed by atoms with Crippen molar-refractivity contribution in [1.29, 1.82) is 0 Å². The fraction of sp³-hybridized carbons (Fsp3) is 0.462. The van der Waals surface area contributed by atoms with Gasteiger partial charge in [-0.15, -0.1) is 0 Å². The van der Waals surface area contributed by atoms with Crippen LogP contribution >= 0.6 is 0 Å². The molecular weight excluding hydrogens is 235 g/mol. The van der Waals surface area contributed by atoms with Crippen molar-refractivity contribution in [1.82, 2.24) is 9.55 Å².